The van der Waals surface area contributed by atoms with Crippen LogP contribution in [0.1, 0.15) is 25.1 Å². The van der Waals surface area contributed by atoms with Gasteiger partial charge in [-0.05, 0) is 0 Å². The van der Waals surface area contributed by atoms with Gasteiger partial charge < -0.3 is 5.11 Å². The van der Waals surface area contributed by atoms with E-state index < -0.39 is 5.97 Å². The second-order valence-electron chi connectivity index (χ2n) is 3.49. The Morgan fingerprint density at radius 2 is 2.44 bits per heavy atom. The summed E-state index contributed by atoms with van der Waals surface area (Å²) in [5, 5.41) is 13.2. The molecule has 0 radical (unpaired) electrons. The third-order valence-electron chi connectivity index (χ3n) is 2.10. The number of carboxylic acid groups (broad SMARTS) is 1. The second kappa shape index (κ2) is 4.05. The first-order valence-electron chi connectivity index (χ1n) is 4.66. The molecule has 1 N–H and O–H groups in total. The lowest BCUT2D eigenvalue weighted by atomic mass is 10.1. The topological polar surface area (TPSA) is 80.4 Å². The molecular formula is C9H9ClN4O2. The number of hydrogen-bond donors (Lipinski definition) is 1. The van der Waals surface area contributed by atoms with Gasteiger partial charge in [0.05, 0.1) is 23.8 Å². The molecule has 7 heteroatoms. The smallest absolute Gasteiger partial charge is 0.304 e. The first-order chi connectivity index (χ1) is 7.56. The molecule has 1 unspecified atom stereocenters. The first kappa shape index (κ1) is 10.8. The standard InChI is InChI=1S/C9H9ClN4O2/c1-5(2-7(15)16)8-12-9-11-3-6(10)4-14(9)13-8/h3-5H,2H2,1H3,(H,15,16). The maximum Gasteiger partial charge on any atom is 0.304 e. The van der Waals surface area contributed by atoms with E-state index in [2.05, 4.69) is 15.1 Å². The van der Waals surface area contributed by atoms with Crippen LogP contribution in [0.25, 0.3) is 5.78 Å². The van der Waals surface area contributed by atoms with Gasteiger partial charge in [-0.3, -0.25) is 4.79 Å². The molecule has 6 nitrogen and oxygen atoms in total. The molecule has 0 saturated heterocycles. The number of carboxylic acids is 1. The molecule has 0 bridgehead atoms. The van der Waals surface area contributed by atoms with E-state index in [-0.39, 0.29) is 12.3 Å². The minimum atomic E-state index is -0.877. The van der Waals surface area contributed by atoms with Gasteiger partial charge in [-0.25, -0.2) is 9.50 Å². The number of hydrogen-bond acceptors (Lipinski definition) is 4. The number of carbonyl (C=O) groups is 1. The highest BCUT2D eigenvalue weighted by Gasteiger charge is 2.15. The molecule has 1 atom stereocenters. The predicted molar refractivity (Wildman–Crippen MR) is 56.5 cm³/mol. The van der Waals surface area contributed by atoms with Crippen molar-refractivity contribution in [3.05, 3.63) is 23.2 Å². The van der Waals surface area contributed by atoms with E-state index in [0.29, 0.717) is 16.6 Å². The molecule has 0 amide bonds. The molecule has 0 spiro atoms. The van der Waals surface area contributed by atoms with Crippen molar-refractivity contribution in [1.29, 1.82) is 0 Å². The molecule has 84 valence electrons. The maximum atomic E-state index is 10.6. The van der Waals surface area contributed by atoms with E-state index in [1.165, 1.54) is 10.7 Å². The van der Waals surface area contributed by atoms with Crippen molar-refractivity contribution in [3.63, 3.8) is 0 Å². The van der Waals surface area contributed by atoms with Crippen LogP contribution < -0.4 is 0 Å². The summed E-state index contributed by atoms with van der Waals surface area (Å²) >= 11 is 5.75. The van der Waals surface area contributed by atoms with E-state index in [9.17, 15) is 4.79 Å². The van der Waals surface area contributed by atoms with E-state index in [4.69, 9.17) is 16.7 Å². The number of aliphatic carboxylic acids is 1. The van der Waals surface area contributed by atoms with Crippen LogP contribution in [0, 0.1) is 0 Å². The number of fused-ring (bicyclic) bond motifs is 1. The highest BCUT2D eigenvalue weighted by Crippen LogP contribution is 2.16. The van der Waals surface area contributed by atoms with Gasteiger partial charge in [0, 0.05) is 5.92 Å². The average Bonchev–Trinajstić information content (AvgIpc) is 2.59. The molecule has 0 aliphatic rings. The van der Waals surface area contributed by atoms with Crippen molar-refractivity contribution < 1.29 is 9.90 Å². The summed E-state index contributed by atoms with van der Waals surface area (Å²) in [6.07, 6.45) is 3.04. The molecule has 2 rings (SSSR count). The summed E-state index contributed by atoms with van der Waals surface area (Å²) in [5.74, 6) is -0.260. The lowest BCUT2D eigenvalue weighted by molar-refractivity contribution is -0.137. The Kier molecular flexibility index (Phi) is 2.74. The molecule has 16 heavy (non-hydrogen) atoms. The molecule has 0 aliphatic carbocycles. The van der Waals surface area contributed by atoms with E-state index in [0.717, 1.165) is 0 Å². The number of nitrogens with zero attached hydrogens (tertiary/aromatic N) is 4. The second-order valence-corrected chi connectivity index (χ2v) is 3.92. The zero-order valence-corrected chi connectivity index (χ0v) is 9.22. The largest absolute Gasteiger partial charge is 0.481 e. The fourth-order valence-corrected chi connectivity index (χ4v) is 1.48. The lowest BCUT2D eigenvalue weighted by Crippen LogP contribution is -2.04. The molecule has 0 fully saturated rings. The van der Waals surface area contributed by atoms with Crippen LogP contribution in [0.5, 0.6) is 0 Å². The number of halogens is 1. The van der Waals surface area contributed by atoms with Gasteiger partial charge in [-0.15, -0.1) is 5.10 Å². The van der Waals surface area contributed by atoms with Crippen molar-refractivity contribution in [2.75, 3.05) is 0 Å². The summed E-state index contributed by atoms with van der Waals surface area (Å²) in [6.45, 7) is 1.75. The summed E-state index contributed by atoms with van der Waals surface area (Å²) in [6, 6.07) is 0. The van der Waals surface area contributed by atoms with Gasteiger partial charge in [-0.2, -0.15) is 4.98 Å². The predicted octanol–water partition coefficient (Wildman–Crippen LogP) is 1.36. The van der Waals surface area contributed by atoms with E-state index in [1.54, 1.807) is 13.1 Å². The number of rotatable bonds is 3. The Bertz CT molecular complexity index is 539. The normalized spacial score (nSPS) is 12.9. The lowest BCUT2D eigenvalue weighted by Gasteiger charge is -2.00. The van der Waals surface area contributed by atoms with Crippen LogP contribution >= 0.6 is 11.6 Å². The van der Waals surface area contributed by atoms with Crippen LogP contribution in [-0.2, 0) is 4.79 Å². The minimum absolute atomic E-state index is 0.00931. The molecule has 2 heterocycles. The molecular weight excluding hydrogens is 232 g/mol. The molecule has 2 aromatic heterocycles. The fourth-order valence-electron chi connectivity index (χ4n) is 1.34. The van der Waals surface area contributed by atoms with Crippen LogP contribution in [0.2, 0.25) is 5.02 Å². The van der Waals surface area contributed by atoms with Crippen molar-refractivity contribution in [3.8, 4) is 0 Å². The molecule has 2 aromatic rings. The van der Waals surface area contributed by atoms with Crippen molar-refractivity contribution in [2.45, 2.75) is 19.3 Å². The third-order valence-corrected chi connectivity index (χ3v) is 2.30. The van der Waals surface area contributed by atoms with Gasteiger partial charge in [-0.1, -0.05) is 18.5 Å². The molecule has 0 aliphatic heterocycles. The van der Waals surface area contributed by atoms with Crippen molar-refractivity contribution in [2.24, 2.45) is 0 Å². The zero-order chi connectivity index (χ0) is 11.7. The fraction of sp³-hybridized carbons (Fsp3) is 0.333. The summed E-state index contributed by atoms with van der Waals surface area (Å²) in [7, 11) is 0. The highest BCUT2D eigenvalue weighted by atomic mass is 35.5. The Morgan fingerprint density at radius 1 is 1.69 bits per heavy atom. The van der Waals surface area contributed by atoms with E-state index >= 15 is 0 Å². The third kappa shape index (κ3) is 2.11. The Labute approximate surface area is 95.9 Å². The van der Waals surface area contributed by atoms with Crippen molar-refractivity contribution in [1.82, 2.24) is 19.6 Å². The summed E-state index contributed by atoms with van der Waals surface area (Å²) in [5.41, 5.74) is 0. The first-order valence-corrected chi connectivity index (χ1v) is 5.03. The minimum Gasteiger partial charge on any atom is -0.481 e. The van der Waals surface area contributed by atoms with Crippen molar-refractivity contribution >= 4 is 23.3 Å². The number of aromatic nitrogens is 4. The monoisotopic (exact) mass is 240 g/mol. The van der Waals surface area contributed by atoms with Gasteiger partial charge in [0.1, 0.15) is 0 Å². The Hall–Kier alpha value is -1.69. The maximum absolute atomic E-state index is 10.6. The van der Waals surface area contributed by atoms with Crippen LogP contribution in [0.3, 0.4) is 0 Å². The van der Waals surface area contributed by atoms with Crippen LogP contribution in [0.4, 0.5) is 0 Å². The Morgan fingerprint density at radius 3 is 3.12 bits per heavy atom. The highest BCUT2D eigenvalue weighted by molar-refractivity contribution is 6.30. The van der Waals surface area contributed by atoms with Gasteiger partial charge >= 0.3 is 5.97 Å². The summed E-state index contributed by atoms with van der Waals surface area (Å²) in [4.78, 5) is 18.7. The SMILES string of the molecule is CC(CC(=O)O)c1nc2ncc(Cl)cn2n1. The zero-order valence-electron chi connectivity index (χ0n) is 8.46. The quantitative estimate of drug-likeness (QED) is 0.876. The summed E-state index contributed by atoms with van der Waals surface area (Å²) < 4.78 is 1.44. The van der Waals surface area contributed by atoms with E-state index in [1.807, 2.05) is 0 Å². The average molecular weight is 241 g/mol. The Balaban J connectivity index is 2.35. The molecule has 0 saturated carbocycles. The van der Waals surface area contributed by atoms with Gasteiger partial charge in [0.25, 0.3) is 5.78 Å². The molecule has 0 aromatic carbocycles. The van der Waals surface area contributed by atoms with Gasteiger partial charge in [0.15, 0.2) is 5.82 Å². The van der Waals surface area contributed by atoms with Gasteiger partial charge in [0.2, 0.25) is 0 Å². The van der Waals surface area contributed by atoms with Crippen LogP contribution in [0.15, 0.2) is 12.4 Å². The van der Waals surface area contributed by atoms with Crippen LogP contribution in [-0.4, -0.2) is 30.7 Å².